The number of fused-ring (bicyclic) bond motifs is 1. The second-order valence-corrected chi connectivity index (χ2v) is 9.58. The van der Waals surface area contributed by atoms with Crippen LogP contribution in [0.5, 0.6) is 0 Å². The number of nitrogens with one attached hydrogen (secondary N) is 1. The van der Waals surface area contributed by atoms with Crippen molar-refractivity contribution in [2.24, 2.45) is 0 Å². The van der Waals surface area contributed by atoms with Crippen LogP contribution in [0.25, 0.3) is 11.3 Å². The van der Waals surface area contributed by atoms with Crippen LogP contribution in [0.2, 0.25) is 0 Å². The van der Waals surface area contributed by atoms with Crippen LogP contribution in [0.4, 0.5) is 5.69 Å². The van der Waals surface area contributed by atoms with Gasteiger partial charge in [0.2, 0.25) is 0 Å². The van der Waals surface area contributed by atoms with Crippen molar-refractivity contribution in [2.45, 2.75) is 25.4 Å². The van der Waals surface area contributed by atoms with Gasteiger partial charge in [0, 0.05) is 43.5 Å². The Bertz CT molecular complexity index is 941. The monoisotopic (exact) mass is 422 g/mol. The van der Waals surface area contributed by atoms with Gasteiger partial charge >= 0.3 is 0 Å². The molecule has 1 N–H and O–H groups in total. The lowest BCUT2D eigenvalue weighted by molar-refractivity contribution is 0.521. The van der Waals surface area contributed by atoms with Gasteiger partial charge in [0.05, 0.1) is 29.7 Å². The average Bonchev–Trinajstić information content (AvgIpc) is 3.34. The van der Waals surface area contributed by atoms with E-state index in [1.165, 1.54) is 16.8 Å². The maximum Gasteiger partial charge on any atom is 0.151 e. The topological polar surface area (TPSA) is 67.2 Å². The fraction of sp³-hybridized carbons (Fsp3) is 0.450. The molecule has 3 heterocycles. The number of hydrogen-bond donors (Lipinski definition) is 1. The summed E-state index contributed by atoms with van der Waals surface area (Å²) in [5.74, 6) is 0.564. The Hall–Kier alpha value is -1.83. The van der Waals surface area contributed by atoms with Gasteiger partial charge in [0.15, 0.2) is 9.84 Å². The third kappa shape index (κ3) is 4.42. The normalized spacial score (nSPS) is 20.0. The summed E-state index contributed by atoms with van der Waals surface area (Å²) < 4.78 is 25.3. The van der Waals surface area contributed by atoms with E-state index in [0.29, 0.717) is 12.2 Å². The smallest absolute Gasteiger partial charge is 0.151 e. The summed E-state index contributed by atoms with van der Waals surface area (Å²) in [5.41, 5.74) is 4.95. The van der Waals surface area contributed by atoms with Gasteiger partial charge in [-0.25, -0.2) is 13.4 Å². The minimum Gasteiger partial charge on any atom is -0.367 e. The number of benzene rings is 1. The highest BCUT2D eigenvalue weighted by molar-refractivity contribution is 7.91. The molecule has 6 nitrogen and oxygen atoms in total. The molecule has 0 saturated carbocycles. The van der Waals surface area contributed by atoms with Gasteiger partial charge in [0.25, 0.3) is 0 Å². The maximum atomic E-state index is 11.6. The molecule has 0 amide bonds. The number of imidazole rings is 1. The molecule has 0 spiro atoms. The number of aromatic nitrogens is 2. The van der Waals surface area contributed by atoms with Gasteiger partial charge in [-0.2, -0.15) is 0 Å². The quantitative estimate of drug-likeness (QED) is 0.693. The Morgan fingerprint density at radius 3 is 2.96 bits per heavy atom. The Kier molecular flexibility index (Phi) is 6.47. The summed E-state index contributed by atoms with van der Waals surface area (Å²) in [4.78, 5) is 6.68. The zero-order valence-corrected chi connectivity index (χ0v) is 17.5. The molecule has 1 aromatic carbocycles. The fourth-order valence-corrected chi connectivity index (χ4v) is 5.77. The molecule has 1 atom stereocenters. The summed E-state index contributed by atoms with van der Waals surface area (Å²) in [6.45, 7) is 7.27. The molecule has 8 heteroatoms. The van der Waals surface area contributed by atoms with E-state index in [1.54, 1.807) is 0 Å². The van der Waals surface area contributed by atoms with E-state index in [2.05, 4.69) is 44.5 Å². The molecule has 152 valence electrons. The van der Waals surface area contributed by atoms with Crippen LogP contribution in [0, 0.1) is 0 Å². The van der Waals surface area contributed by atoms with Gasteiger partial charge in [0.1, 0.15) is 0 Å². The number of rotatable bonds is 7. The van der Waals surface area contributed by atoms with E-state index in [4.69, 9.17) is 0 Å². The number of anilines is 1. The summed E-state index contributed by atoms with van der Waals surface area (Å²) in [7, 11) is -2.84. The van der Waals surface area contributed by atoms with Crippen LogP contribution in [-0.2, 0) is 22.8 Å². The summed E-state index contributed by atoms with van der Waals surface area (Å²) in [5, 5.41) is 3.37. The Labute approximate surface area is 173 Å². The average molecular weight is 423 g/mol. The zero-order chi connectivity index (χ0) is 18.9. The SMILES string of the molecule is C=CCN1CCc2cc(-c3cncn3CCNC3CCS(=O)(=O)C3)ccc21.Cl. The highest BCUT2D eigenvalue weighted by Crippen LogP contribution is 2.32. The summed E-state index contributed by atoms with van der Waals surface area (Å²) in [6.07, 6.45) is 7.46. The van der Waals surface area contributed by atoms with Crippen LogP contribution >= 0.6 is 12.4 Å². The summed E-state index contributed by atoms with van der Waals surface area (Å²) in [6, 6.07) is 6.70. The Morgan fingerprint density at radius 2 is 2.21 bits per heavy atom. The van der Waals surface area contributed by atoms with Crippen LogP contribution in [0.3, 0.4) is 0 Å². The molecule has 1 unspecified atom stereocenters. The molecule has 1 aromatic heterocycles. The van der Waals surface area contributed by atoms with Crippen molar-refractivity contribution in [2.75, 3.05) is 36.0 Å². The predicted molar refractivity (Wildman–Crippen MR) is 116 cm³/mol. The molecule has 2 aromatic rings. The van der Waals surface area contributed by atoms with Crippen molar-refractivity contribution >= 4 is 27.9 Å². The van der Waals surface area contributed by atoms with Crippen LogP contribution < -0.4 is 10.2 Å². The first-order valence-electron chi connectivity index (χ1n) is 9.49. The first-order chi connectivity index (χ1) is 13.1. The molecule has 0 aliphatic carbocycles. The minimum atomic E-state index is -2.84. The molecule has 0 bridgehead atoms. The number of halogens is 1. The molecular formula is C20H27ClN4O2S. The molecule has 1 saturated heterocycles. The van der Waals surface area contributed by atoms with Gasteiger partial charge in [-0.1, -0.05) is 12.1 Å². The second kappa shape index (κ2) is 8.68. The zero-order valence-electron chi connectivity index (χ0n) is 15.9. The van der Waals surface area contributed by atoms with Crippen molar-refractivity contribution in [3.63, 3.8) is 0 Å². The highest BCUT2D eigenvalue weighted by atomic mass is 35.5. The predicted octanol–water partition coefficient (Wildman–Crippen LogP) is 2.30. The van der Waals surface area contributed by atoms with Crippen molar-refractivity contribution < 1.29 is 8.42 Å². The first-order valence-corrected chi connectivity index (χ1v) is 11.3. The highest BCUT2D eigenvalue weighted by Gasteiger charge is 2.27. The third-order valence-electron chi connectivity index (χ3n) is 5.45. The molecule has 28 heavy (non-hydrogen) atoms. The van der Waals surface area contributed by atoms with Crippen molar-refractivity contribution in [1.82, 2.24) is 14.9 Å². The lowest BCUT2D eigenvalue weighted by Crippen LogP contribution is -2.32. The lowest BCUT2D eigenvalue weighted by Gasteiger charge is -2.17. The van der Waals surface area contributed by atoms with Crippen LogP contribution in [0.15, 0.2) is 43.4 Å². The van der Waals surface area contributed by atoms with Crippen LogP contribution in [0.1, 0.15) is 12.0 Å². The summed E-state index contributed by atoms with van der Waals surface area (Å²) >= 11 is 0. The van der Waals surface area contributed by atoms with E-state index in [-0.39, 0.29) is 24.2 Å². The second-order valence-electron chi connectivity index (χ2n) is 7.35. The molecule has 2 aliphatic heterocycles. The van der Waals surface area contributed by atoms with Gasteiger partial charge in [-0.05, 0) is 30.5 Å². The largest absolute Gasteiger partial charge is 0.367 e. The number of nitrogens with zero attached hydrogens (tertiary/aromatic N) is 3. The van der Waals surface area contributed by atoms with Crippen LogP contribution in [-0.4, -0.2) is 55.2 Å². The number of hydrogen-bond acceptors (Lipinski definition) is 5. The Balaban J connectivity index is 0.00000225. The van der Waals surface area contributed by atoms with E-state index < -0.39 is 9.84 Å². The van der Waals surface area contributed by atoms with E-state index in [9.17, 15) is 8.42 Å². The van der Waals surface area contributed by atoms with Crippen molar-refractivity contribution in [3.05, 3.63) is 48.9 Å². The van der Waals surface area contributed by atoms with E-state index >= 15 is 0 Å². The van der Waals surface area contributed by atoms with Gasteiger partial charge in [-0.15, -0.1) is 19.0 Å². The molecule has 1 fully saturated rings. The third-order valence-corrected chi connectivity index (χ3v) is 7.21. The van der Waals surface area contributed by atoms with Gasteiger partial charge < -0.3 is 14.8 Å². The molecule has 2 aliphatic rings. The van der Waals surface area contributed by atoms with Crippen molar-refractivity contribution in [3.8, 4) is 11.3 Å². The first kappa shape index (κ1) is 20.9. The Morgan fingerprint density at radius 1 is 1.36 bits per heavy atom. The fourth-order valence-electron chi connectivity index (χ4n) is 4.06. The molecular weight excluding hydrogens is 396 g/mol. The minimum absolute atomic E-state index is 0. The maximum absolute atomic E-state index is 11.6. The standard InChI is InChI=1S/C20H26N4O2S.ClH/c1-2-8-23-9-5-17-12-16(3-4-19(17)23)20-13-21-15-24(20)10-7-22-18-6-11-27(25,26)14-18;/h2-4,12-13,15,18,22H,1,5-11,14H2;1H. The van der Waals surface area contributed by atoms with E-state index in [1.807, 2.05) is 18.6 Å². The lowest BCUT2D eigenvalue weighted by atomic mass is 10.1. The van der Waals surface area contributed by atoms with Crippen molar-refractivity contribution in [1.29, 1.82) is 0 Å². The molecule has 0 radical (unpaired) electrons. The molecule has 4 rings (SSSR count). The van der Waals surface area contributed by atoms with E-state index in [0.717, 1.165) is 38.3 Å². The number of sulfone groups is 1. The van der Waals surface area contributed by atoms with Gasteiger partial charge in [-0.3, -0.25) is 0 Å².